The van der Waals surface area contributed by atoms with Gasteiger partial charge in [-0.25, -0.2) is 0 Å². The Balaban J connectivity index is 2.38. The largest absolute Gasteiger partial charge is 0.492 e. The molecule has 0 saturated heterocycles. The Kier molecular flexibility index (Phi) is 7.12. The van der Waals surface area contributed by atoms with Crippen LogP contribution in [0.25, 0.3) is 0 Å². The standard InChI is InChI=1S/C13H17ClF3NO2/c14-11-2-4-12(5-3-11)20-9-7-18(6-1-8-19)10-13(15,16)17/h2-5,19H,1,6-10H2. The van der Waals surface area contributed by atoms with Gasteiger partial charge in [0.05, 0.1) is 6.54 Å². The second-order valence-corrected chi connectivity index (χ2v) is 4.71. The first-order chi connectivity index (χ1) is 9.40. The molecule has 0 unspecified atom stereocenters. The van der Waals surface area contributed by atoms with Gasteiger partial charge in [-0.3, -0.25) is 4.90 Å². The number of alkyl halides is 3. The molecule has 20 heavy (non-hydrogen) atoms. The van der Waals surface area contributed by atoms with Gasteiger partial charge >= 0.3 is 6.18 Å². The molecule has 0 saturated carbocycles. The predicted octanol–water partition coefficient (Wildman–Crippen LogP) is 2.97. The fourth-order valence-corrected chi connectivity index (χ4v) is 1.77. The first-order valence-corrected chi connectivity index (χ1v) is 6.57. The van der Waals surface area contributed by atoms with E-state index < -0.39 is 12.7 Å². The summed E-state index contributed by atoms with van der Waals surface area (Å²) in [5, 5.41) is 9.26. The van der Waals surface area contributed by atoms with Crippen LogP contribution in [0.15, 0.2) is 24.3 Å². The highest BCUT2D eigenvalue weighted by Crippen LogP contribution is 2.17. The summed E-state index contributed by atoms with van der Waals surface area (Å²) in [4.78, 5) is 1.21. The molecule has 0 heterocycles. The van der Waals surface area contributed by atoms with E-state index in [0.29, 0.717) is 17.2 Å². The summed E-state index contributed by atoms with van der Waals surface area (Å²) in [6.45, 7) is -0.672. The van der Waals surface area contributed by atoms with E-state index in [9.17, 15) is 13.2 Å². The van der Waals surface area contributed by atoms with Crippen molar-refractivity contribution in [3.63, 3.8) is 0 Å². The van der Waals surface area contributed by atoms with Gasteiger partial charge in [0, 0.05) is 24.7 Å². The van der Waals surface area contributed by atoms with E-state index in [4.69, 9.17) is 21.4 Å². The Hall–Kier alpha value is -0.980. The van der Waals surface area contributed by atoms with E-state index in [2.05, 4.69) is 0 Å². The van der Waals surface area contributed by atoms with Crippen LogP contribution in [0.1, 0.15) is 6.42 Å². The molecule has 7 heteroatoms. The first kappa shape index (κ1) is 17.1. The van der Waals surface area contributed by atoms with Gasteiger partial charge in [0.2, 0.25) is 0 Å². The number of halogens is 4. The lowest BCUT2D eigenvalue weighted by Crippen LogP contribution is -2.37. The van der Waals surface area contributed by atoms with Crippen molar-refractivity contribution in [2.45, 2.75) is 12.6 Å². The maximum absolute atomic E-state index is 12.4. The Bertz CT molecular complexity index is 384. The van der Waals surface area contributed by atoms with E-state index in [-0.39, 0.29) is 26.3 Å². The van der Waals surface area contributed by atoms with Gasteiger partial charge in [0.1, 0.15) is 12.4 Å². The second kappa shape index (κ2) is 8.34. The van der Waals surface area contributed by atoms with Crippen LogP contribution in [0.4, 0.5) is 13.2 Å². The van der Waals surface area contributed by atoms with Crippen LogP contribution in [0, 0.1) is 0 Å². The smallest absolute Gasteiger partial charge is 0.401 e. The molecule has 0 bridgehead atoms. The molecule has 0 aromatic heterocycles. The molecule has 1 N–H and O–H groups in total. The Morgan fingerprint density at radius 2 is 1.80 bits per heavy atom. The van der Waals surface area contributed by atoms with Crippen LogP contribution >= 0.6 is 11.6 Å². The number of hydrogen-bond donors (Lipinski definition) is 1. The molecule has 3 nitrogen and oxygen atoms in total. The van der Waals surface area contributed by atoms with Gasteiger partial charge in [-0.1, -0.05) is 11.6 Å². The fraction of sp³-hybridized carbons (Fsp3) is 0.538. The normalized spacial score (nSPS) is 11.9. The van der Waals surface area contributed by atoms with Gasteiger partial charge in [-0.2, -0.15) is 13.2 Å². The van der Waals surface area contributed by atoms with Crippen LogP contribution in [-0.4, -0.2) is 49.0 Å². The van der Waals surface area contributed by atoms with Gasteiger partial charge in [-0.05, 0) is 30.7 Å². The average Bonchev–Trinajstić information content (AvgIpc) is 2.36. The van der Waals surface area contributed by atoms with Crippen LogP contribution in [0.5, 0.6) is 5.75 Å². The van der Waals surface area contributed by atoms with Crippen molar-refractivity contribution >= 4 is 11.6 Å². The summed E-state index contributed by atoms with van der Waals surface area (Å²) in [5.74, 6) is 0.559. The third-order valence-corrected chi connectivity index (χ3v) is 2.78. The number of rotatable bonds is 8. The first-order valence-electron chi connectivity index (χ1n) is 6.19. The van der Waals surface area contributed by atoms with Crippen LogP contribution in [-0.2, 0) is 0 Å². The summed E-state index contributed by atoms with van der Waals surface area (Å²) in [6, 6.07) is 6.61. The summed E-state index contributed by atoms with van der Waals surface area (Å²) < 4.78 is 42.5. The van der Waals surface area contributed by atoms with Crippen molar-refractivity contribution in [1.29, 1.82) is 0 Å². The quantitative estimate of drug-likeness (QED) is 0.801. The molecule has 0 spiro atoms. The van der Waals surface area contributed by atoms with Crippen LogP contribution in [0.3, 0.4) is 0 Å². The highest BCUT2D eigenvalue weighted by molar-refractivity contribution is 6.30. The minimum absolute atomic E-state index is 0.133. The van der Waals surface area contributed by atoms with E-state index in [1.54, 1.807) is 24.3 Å². The van der Waals surface area contributed by atoms with Crippen molar-refractivity contribution in [3.8, 4) is 5.75 Å². The summed E-state index contributed by atoms with van der Waals surface area (Å²) >= 11 is 5.71. The van der Waals surface area contributed by atoms with E-state index in [0.717, 1.165) is 0 Å². The van der Waals surface area contributed by atoms with Crippen LogP contribution < -0.4 is 4.74 Å². The predicted molar refractivity (Wildman–Crippen MR) is 71.1 cm³/mol. The third kappa shape index (κ3) is 7.57. The molecule has 0 aliphatic carbocycles. The van der Waals surface area contributed by atoms with Gasteiger partial charge in [-0.15, -0.1) is 0 Å². The molecule has 0 atom stereocenters. The van der Waals surface area contributed by atoms with Crippen molar-refractivity contribution in [2.75, 3.05) is 32.8 Å². The minimum atomic E-state index is -4.25. The second-order valence-electron chi connectivity index (χ2n) is 4.27. The summed E-state index contributed by atoms with van der Waals surface area (Å²) in [6.07, 6.45) is -3.95. The molecule has 0 radical (unpaired) electrons. The highest BCUT2D eigenvalue weighted by Gasteiger charge is 2.30. The molecule has 0 fully saturated rings. The van der Waals surface area contributed by atoms with Crippen molar-refractivity contribution in [1.82, 2.24) is 4.90 Å². The molecule has 1 rings (SSSR count). The zero-order valence-corrected chi connectivity index (χ0v) is 11.6. The maximum atomic E-state index is 12.4. The SMILES string of the molecule is OCCCN(CCOc1ccc(Cl)cc1)CC(F)(F)F. The van der Waals surface area contributed by atoms with E-state index in [1.165, 1.54) is 4.90 Å². The van der Waals surface area contributed by atoms with E-state index in [1.807, 2.05) is 0 Å². The van der Waals surface area contributed by atoms with Crippen LogP contribution in [0.2, 0.25) is 5.02 Å². The number of hydrogen-bond acceptors (Lipinski definition) is 3. The van der Waals surface area contributed by atoms with E-state index >= 15 is 0 Å². The number of benzene rings is 1. The molecule has 0 aliphatic rings. The number of aliphatic hydroxyl groups is 1. The lowest BCUT2D eigenvalue weighted by molar-refractivity contribution is -0.146. The summed E-state index contributed by atoms with van der Waals surface area (Å²) in [7, 11) is 0. The topological polar surface area (TPSA) is 32.7 Å². The zero-order chi connectivity index (χ0) is 15.0. The maximum Gasteiger partial charge on any atom is 0.401 e. The van der Waals surface area contributed by atoms with Crippen molar-refractivity contribution in [3.05, 3.63) is 29.3 Å². The lowest BCUT2D eigenvalue weighted by atomic mass is 10.3. The molecule has 0 aliphatic heterocycles. The Morgan fingerprint density at radius 1 is 1.15 bits per heavy atom. The van der Waals surface area contributed by atoms with Gasteiger partial charge in [0.25, 0.3) is 0 Å². The molecule has 1 aromatic rings. The monoisotopic (exact) mass is 311 g/mol. The van der Waals surface area contributed by atoms with Crippen molar-refractivity contribution < 1.29 is 23.0 Å². The Morgan fingerprint density at radius 3 is 2.35 bits per heavy atom. The fourth-order valence-electron chi connectivity index (χ4n) is 1.64. The molecule has 0 amide bonds. The molecular weight excluding hydrogens is 295 g/mol. The highest BCUT2D eigenvalue weighted by atomic mass is 35.5. The zero-order valence-electron chi connectivity index (χ0n) is 10.9. The average molecular weight is 312 g/mol. The molecular formula is C13H17ClF3NO2. The van der Waals surface area contributed by atoms with Gasteiger partial charge in [0.15, 0.2) is 0 Å². The molecule has 1 aromatic carbocycles. The van der Waals surface area contributed by atoms with Crippen molar-refractivity contribution in [2.24, 2.45) is 0 Å². The Labute approximate surface area is 120 Å². The molecule has 114 valence electrons. The number of aliphatic hydroxyl groups excluding tert-OH is 1. The van der Waals surface area contributed by atoms with Gasteiger partial charge < -0.3 is 9.84 Å². The summed E-state index contributed by atoms with van der Waals surface area (Å²) in [5.41, 5.74) is 0. The third-order valence-electron chi connectivity index (χ3n) is 2.53. The lowest BCUT2D eigenvalue weighted by Gasteiger charge is -2.23. The number of nitrogens with zero attached hydrogens (tertiary/aromatic N) is 1. The minimum Gasteiger partial charge on any atom is -0.492 e. The number of ether oxygens (including phenoxy) is 1.